The average Bonchev–Trinajstić information content (AvgIpc) is 2.82. The number of para-hydroxylation sites is 1. The summed E-state index contributed by atoms with van der Waals surface area (Å²) in [6.07, 6.45) is 2.04. The number of ether oxygens (including phenoxy) is 1. The molecule has 160 valence electrons. The molecule has 1 N–H and O–H groups in total. The summed E-state index contributed by atoms with van der Waals surface area (Å²) in [5.41, 5.74) is 4.84. The molecule has 0 bridgehead atoms. The van der Waals surface area contributed by atoms with Crippen molar-refractivity contribution in [3.8, 4) is 5.75 Å². The Kier molecular flexibility index (Phi) is 6.83. The van der Waals surface area contributed by atoms with Crippen molar-refractivity contribution < 1.29 is 9.53 Å². The van der Waals surface area contributed by atoms with Crippen molar-refractivity contribution in [3.63, 3.8) is 0 Å². The number of nitrogens with one attached hydrogen (secondary N) is 1. The number of aromatic nitrogens is 1. The van der Waals surface area contributed by atoms with E-state index in [0.717, 1.165) is 39.0 Å². The van der Waals surface area contributed by atoms with Crippen molar-refractivity contribution in [2.45, 2.75) is 13.5 Å². The fraction of sp³-hybridized carbons (Fsp3) is 0.111. The lowest BCUT2D eigenvalue weighted by Gasteiger charge is -2.11. The number of amides is 1. The lowest BCUT2D eigenvalue weighted by molar-refractivity contribution is -0.118. The fourth-order valence-corrected chi connectivity index (χ4v) is 3.45. The third-order valence-corrected chi connectivity index (χ3v) is 5.26. The zero-order chi connectivity index (χ0) is 22.3. The van der Waals surface area contributed by atoms with Gasteiger partial charge in [0.1, 0.15) is 12.4 Å². The standard InChI is InChI=1S/C27H23ClN2O2/c1-19(31)29-17-23(16-20-6-11-24(28)12-7-20)21-9-14-26(15-10-21)32-18-25-13-8-22-4-2-3-5-27(22)30-25/h2-16H,17-18H2,1H3,(H,29,31)/b23-16-. The highest BCUT2D eigenvalue weighted by Gasteiger charge is 2.06. The number of hydrogen-bond donors (Lipinski definition) is 1. The SMILES string of the molecule is CC(=O)NC/C(=C/c1ccc(Cl)cc1)c1ccc(OCc2ccc3ccccc3n2)cc1. The summed E-state index contributed by atoms with van der Waals surface area (Å²) in [5, 5.41) is 4.68. The van der Waals surface area contributed by atoms with Gasteiger partial charge in [-0.1, -0.05) is 60.1 Å². The number of carbonyl (C=O) groups excluding carboxylic acids is 1. The quantitative estimate of drug-likeness (QED) is 0.349. The first-order valence-electron chi connectivity index (χ1n) is 10.4. The lowest BCUT2D eigenvalue weighted by atomic mass is 10.0. The van der Waals surface area contributed by atoms with E-state index in [1.54, 1.807) is 0 Å². The predicted molar refractivity (Wildman–Crippen MR) is 131 cm³/mol. The van der Waals surface area contributed by atoms with Crippen LogP contribution in [-0.4, -0.2) is 17.4 Å². The molecule has 0 spiro atoms. The van der Waals surface area contributed by atoms with Crippen LogP contribution in [0.15, 0.2) is 84.9 Å². The molecule has 1 amide bonds. The number of hydrogen-bond acceptors (Lipinski definition) is 3. The van der Waals surface area contributed by atoms with Crippen molar-refractivity contribution >= 4 is 40.1 Å². The molecule has 0 fully saturated rings. The molecule has 1 aromatic heterocycles. The Hall–Kier alpha value is -3.63. The van der Waals surface area contributed by atoms with Crippen molar-refractivity contribution in [1.82, 2.24) is 10.3 Å². The first kappa shape index (κ1) is 21.6. The molecule has 0 aliphatic carbocycles. The van der Waals surface area contributed by atoms with Gasteiger partial charge in [0.25, 0.3) is 0 Å². The summed E-state index contributed by atoms with van der Waals surface area (Å²) in [4.78, 5) is 16.1. The second-order valence-electron chi connectivity index (χ2n) is 7.44. The molecule has 4 nitrogen and oxygen atoms in total. The Morgan fingerprint density at radius 3 is 2.47 bits per heavy atom. The van der Waals surface area contributed by atoms with Gasteiger partial charge in [-0.05, 0) is 59.2 Å². The minimum atomic E-state index is -0.0742. The lowest BCUT2D eigenvalue weighted by Crippen LogP contribution is -2.21. The monoisotopic (exact) mass is 442 g/mol. The topological polar surface area (TPSA) is 51.2 Å². The van der Waals surface area contributed by atoms with Crippen LogP contribution in [0, 0.1) is 0 Å². The van der Waals surface area contributed by atoms with Crippen molar-refractivity contribution in [2.75, 3.05) is 6.54 Å². The van der Waals surface area contributed by atoms with Gasteiger partial charge in [0.2, 0.25) is 5.91 Å². The van der Waals surface area contributed by atoms with E-state index in [4.69, 9.17) is 16.3 Å². The van der Waals surface area contributed by atoms with E-state index in [2.05, 4.69) is 16.4 Å². The van der Waals surface area contributed by atoms with Crippen LogP contribution in [0.1, 0.15) is 23.7 Å². The minimum absolute atomic E-state index is 0.0742. The van der Waals surface area contributed by atoms with Crippen LogP contribution in [0.2, 0.25) is 5.02 Å². The molecule has 0 atom stereocenters. The number of benzene rings is 3. The molecule has 5 heteroatoms. The van der Waals surface area contributed by atoms with Crippen LogP contribution in [0.25, 0.3) is 22.6 Å². The number of nitrogens with zero attached hydrogens (tertiary/aromatic N) is 1. The van der Waals surface area contributed by atoms with Gasteiger partial charge in [-0.15, -0.1) is 0 Å². The smallest absolute Gasteiger partial charge is 0.217 e. The van der Waals surface area contributed by atoms with Crippen LogP contribution in [0.4, 0.5) is 0 Å². The van der Waals surface area contributed by atoms with E-state index < -0.39 is 0 Å². The molecule has 4 aromatic rings. The molecule has 0 aliphatic rings. The maximum atomic E-state index is 11.5. The van der Waals surface area contributed by atoms with Gasteiger partial charge in [-0.2, -0.15) is 0 Å². The normalized spacial score (nSPS) is 11.4. The van der Waals surface area contributed by atoms with Gasteiger partial charge >= 0.3 is 0 Å². The molecule has 1 heterocycles. The second-order valence-corrected chi connectivity index (χ2v) is 7.88. The van der Waals surface area contributed by atoms with E-state index in [1.807, 2.05) is 84.9 Å². The number of fused-ring (bicyclic) bond motifs is 1. The first-order chi connectivity index (χ1) is 15.6. The highest BCUT2D eigenvalue weighted by atomic mass is 35.5. The van der Waals surface area contributed by atoms with Crippen LogP contribution in [-0.2, 0) is 11.4 Å². The third-order valence-electron chi connectivity index (χ3n) is 5.01. The van der Waals surface area contributed by atoms with Gasteiger partial charge in [-0.25, -0.2) is 4.98 Å². The summed E-state index contributed by atoms with van der Waals surface area (Å²) >= 11 is 5.99. The van der Waals surface area contributed by atoms with Crippen molar-refractivity contribution in [2.24, 2.45) is 0 Å². The maximum Gasteiger partial charge on any atom is 0.217 e. The average molecular weight is 443 g/mol. The first-order valence-corrected chi connectivity index (χ1v) is 10.7. The summed E-state index contributed by atoms with van der Waals surface area (Å²) in [7, 11) is 0. The molecular weight excluding hydrogens is 420 g/mol. The Morgan fingerprint density at radius 1 is 0.969 bits per heavy atom. The van der Waals surface area contributed by atoms with Gasteiger partial charge in [-0.3, -0.25) is 4.79 Å². The second kappa shape index (κ2) is 10.1. The maximum absolute atomic E-state index is 11.5. The van der Waals surface area contributed by atoms with Crippen LogP contribution < -0.4 is 10.1 Å². The number of halogens is 1. The van der Waals surface area contributed by atoms with Gasteiger partial charge in [0.05, 0.1) is 11.2 Å². The van der Waals surface area contributed by atoms with E-state index in [1.165, 1.54) is 6.92 Å². The molecular formula is C27H23ClN2O2. The minimum Gasteiger partial charge on any atom is -0.487 e. The Morgan fingerprint density at radius 2 is 1.72 bits per heavy atom. The molecule has 3 aromatic carbocycles. The summed E-state index contributed by atoms with van der Waals surface area (Å²) in [6.45, 7) is 2.33. The van der Waals surface area contributed by atoms with Gasteiger partial charge in [0, 0.05) is 23.9 Å². The molecule has 0 radical (unpaired) electrons. The molecule has 0 aliphatic heterocycles. The highest BCUT2D eigenvalue weighted by molar-refractivity contribution is 6.30. The van der Waals surface area contributed by atoms with Crippen molar-refractivity contribution in [1.29, 1.82) is 0 Å². The third kappa shape index (κ3) is 5.74. The fourth-order valence-electron chi connectivity index (χ4n) is 3.33. The largest absolute Gasteiger partial charge is 0.487 e. The number of rotatable bonds is 7. The van der Waals surface area contributed by atoms with Crippen LogP contribution >= 0.6 is 11.6 Å². The Bertz CT molecular complexity index is 1250. The molecule has 32 heavy (non-hydrogen) atoms. The molecule has 0 saturated heterocycles. The highest BCUT2D eigenvalue weighted by Crippen LogP contribution is 2.23. The molecule has 0 unspecified atom stereocenters. The van der Waals surface area contributed by atoms with Crippen LogP contribution in [0.5, 0.6) is 5.75 Å². The van der Waals surface area contributed by atoms with E-state index in [-0.39, 0.29) is 5.91 Å². The molecule has 4 rings (SSSR count). The molecule has 0 saturated carbocycles. The zero-order valence-electron chi connectivity index (χ0n) is 17.7. The van der Waals surface area contributed by atoms with E-state index >= 15 is 0 Å². The van der Waals surface area contributed by atoms with Crippen molar-refractivity contribution in [3.05, 3.63) is 107 Å². The van der Waals surface area contributed by atoms with E-state index in [0.29, 0.717) is 18.2 Å². The predicted octanol–water partition coefficient (Wildman–Crippen LogP) is 6.14. The Labute approximate surface area is 192 Å². The van der Waals surface area contributed by atoms with Crippen LogP contribution in [0.3, 0.4) is 0 Å². The Balaban J connectivity index is 1.48. The van der Waals surface area contributed by atoms with Gasteiger partial charge in [0.15, 0.2) is 0 Å². The zero-order valence-corrected chi connectivity index (χ0v) is 18.5. The number of pyridine rings is 1. The summed E-state index contributed by atoms with van der Waals surface area (Å²) in [6, 6.07) is 27.5. The number of carbonyl (C=O) groups is 1. The summed E-state index contributed by atoms with van der Waals surface area (Å²) in [5.74, 6) is 0.684. The van der Waals surface area contributed by atoms with E-state index in [9.17, 15) is 4.79 Å². The summed E-state index contributed by atoms with van der Waals surface area (Å²) < 4.78 is 5.94. The van der Waals surface area contributed by atoms with Gasteiger partial charge < -0.3 is 10.1 Å².